The maximum absolute atomic E-state index is 6.49. The fourth-order valence-corrected chi connectivity index (χ4v) is 8.54. The fourth-order valence-electron chi connectivity index (χ4n) is 7.38. The van der Waals surface area contributed by atoms with Crippen LogP contribution in [0.4, 0.5) is 0 Å². The van der Waals surface area contributed by atoms with E-state index in [2.05, 4.69) is 84.9 Å². The van der Waals surface area contributed by atoms with Crippen LogP contribution in [0, 0.1) is 0 Å². The van der Waals surface area contributed by atoms with Crippen LogP contribution in [0.3, 0.4) is 0 Å². The van der Waals surface area contributed by atoms with Gasteiger partial charge in [0, 0.05) is 48.7 Å². The molecular formula is C49H29N5OS. The lowest BCUT2D eigenvalue weighted by Crippen LogP contribution is -2.00. The van der Waals surface area contributed by atoms with Crippen molar-refractivity contribution in [2.24, 2.45) is 0 Å². The molecule has 56 heavy (non-hydrogen) atoms. The maximum atomic E-state index is 6.49. The first-order valence-corrected chi connectivity index (χ1v) is 19.2. The summed E-state index contributed by atoms with van der Waals surface area (Å²) in [4.78, 5) is 25.0. The van der Waals surface area contributed by atoms with Crippen molar-refractivity contribution in [3.05, 3.63) is 176 Å². The molecule has 6 nitrogen and oxygen atoms in total. The molecule has 0 saturated heterocycles. The minimum atomic E-state index is 0.607. The van der Waals surface area contributed by atoms with Crippen LogP contribution in [0.25, 0.3) is 110 Å². The Morgan fingerprint density at radius 3 is 1.59 bits per heavy atom. The zero-order valence-corrected chi connectivity index (χ0v) is 30.6. The molecule has 0 amide bonds. The summed E-state index contributed by atoms with van der Waals surface area (Å²) in [6.45, 7) is 0. The van der Waals surface area contributed by atoms with E-state index in [0.717, 1.165) is 88.0 Å². The largest absolute Gasteiger partial charge is 0.456 e. The minimum Gasteiger partial charge on any atom is -0.456 e. The van der Waals surface area contributed by atoms with Gasteiger partial charge in [-0.25, -0.2) is 24.9 Å². The highest BCUT2D eigenvalue weighted by Crippen LogP contribution is 2.41. The van der Waals surface area contributed by atoms with E-state index in [1.54, 1.807) is 11.3 Å². The van der Waals surface area contributed by atoms with Gasteiger partial charge in [-0.3, -0.25) is 0 Å². The molecule has 0 atom stereocenters. The van der Waals surface area contributed by atoms with Gasteiger partial charge in [-0.2, -0.15) is 0 Å². The van der Waals surface area contributed by atoms with Gasteiger partial charge in [0.2, 0.25) is 0 Å². The van der Waals surface area contributed by atoms with Gasteiger partial charge >= 0.3 is 0 Å². The van der Waals surface area contributed by atoms with Crippen LogP contribution in [-0.2, 0) is 0 Å². The summed E-state index contributed by atoms with van der Waals surface area (Å²) in [5.41, 5.74) is 10.4. The SMILES string of the molecule is c1ccc(-c2nc(-c3ccccc3)nc(-c3ccc4oc5cc(-c6cccc(-c7nc(-c8ccccc8)nc8c7sc7ccccc78)c6)ccc5c4c3)n2)cc1. The van der Waals surface area contributed by atoms with Gasteiger partial charge < -0.3 is 4.42 Å². The number of aromatic nitrogens is 5. The molecule has 0 fully saturated rings. The number of thiophene rings is 1. The highest BCUT2D eigenvalue weighted by Gasteiger charge is 2.18. The minimum absolute atomic E-state index is 0.607. The van der Waals surface area contributed by atoms with Crippen molar-refractivity contribution in [2.45, 2.75) is 0 Å². The summed E-state index contributed by atoms with van der Waals surface area (Å²) in [6, 6.07) is 59.9. The van der Waals surface area contributed by atoms with Crippen molar-refractivity contribution in [2.75, 3.05) is 0 Å². The third-order valence-corrected chi connectivity index (χ3v) is 11.3. The van der Waals surface area contributed by atoms with Crippen LogP contribution in [0.1, 0.15) is 0 Å². The van der Waals surface area contributed by atoms with E-state index < -0.39 is 0 Å². The number of furan rings is 1. The lowest BCUT2D eigenvalue weighted by Gasteiger charge is -2.09. The average molecular weight is 736 g/mol. The van der Waals surface area contributed by atoms with E-state index in [1.807, 2.05) is 91.0 Å². The Kier molecular flexibility index (Phi) is 7.57. The molecule has 0 aliphatic carbocycles. The van der Waals surface area contributed by atoms with Gasteiger partial charge in [0.05, 0.1) is 15.9 Å². The van der Waals surface area contributed by atoms with Gasteiger partial charge in [0.25, 0.3) is 0 Å². The van der Waals surface area contributed by atoms with E-state index >= 15 is 0 Å². The first-order valence-electron chi connectivity index (χ1n) is 18.4. The number of benzene rings is 7. The topological polar surface area (TPSA) is 77.6 Å². The molecule has 11 aromatic rings. The summed E-state index contributed by atoms with van der Waals surface area (Å²) >= 11 is 1.74. The first-order chi connectivity index (χ1) is 27.7. The Morgan fingerprint density at radius 2 is 0.893 bits per heavy atom. The Hall–Kier alpha value is -7.35. The van der Waals surface area contributed by atoms with E-state index in [1.165, 1.54) is 4.70 Å². The number of rotatable bonds is 6. The van der Waals surface area contributed by atoms with Gasteiger partial charge in [0.15, 0.2) is 23.3 Å². The molecule has 0 bridgehead atoms. The normalized spacial score (nSPS) is 11.6. The molecule has 11 rings (SSSR count). The van der Waals surface area contributed by atoms with Crippen molar-refractivity contribution < 1.29 is 4.42 Å². The molecule has 0 unspecified atom stereocenters. The standard InChI is InChI=1S/C49H29N5OS/c1-4-13-30(14-5-1)46-50-43(45-44(51-46)38-21-10-11-22-42(38)56-45)35-20-12-19-33(27-35)34-23-25-37-39-28-36(24-26-40(39)55-41(37)29-34)49-53-47(31-15-6-2-7-16-31)52-48(54-49)32-17-8-3-9-18-32/h1-29H. The zero-order chi connectivity index (χ0) is 37.0. The molecule has 4 aromatic heterocycles. The van der Waals surface area contributed by atoms with Crippen LogP contribution in [-0.4, -0.2) is 24.9 Å². The predicted molar refractivity (Wildman–Crippen MR) is 228 cm³/mol. The molecular weight excluding hydrogens is 707 g/mol. The summed E-state index contributed by atoms with van der Waals surface area (Å²) in [5, 5.41) is 3.17. The van der Waals surface area contributed by atoms with E-state index in [-0.39, 0.29) is 0 Å². The van der Waals surface area contributed by atoms with Gasteiger partial charge in [-0.1, -0.05) is 133 Å². The van der Waals surface area contributed by atoms with Gasteiger partial charge in [-0.05, 0) is 53.6 Å². The smallest absolute Gasteiger partial charge is 0.164 e. The second kappa shape index (κ2) is 13.2. The molecule has 0 N–H and O–H groups in total. The summed E-state index contributed by atoms with van der Waals surface area (Å²) < 4.78 is 8.77. The van der Waals surface area contributed by atoms with Gasteiger partial charge in [0.1, 0.15) is 11.2 Å². The predicted octanol–water partition coefficient (Wildman–Crippen LogP) is 12.9. The van der Waals surface area contributed by atoms with Crippen molar-refractivity contribution in [3.8, 4) is 67.9 Å². The summed E-state index contributed by atoms with van der Waals surface area (Å²) in [7, 11) is 0. The van der Waals surface area contributed by atoms with Crippen LogP contribution >= 0.6 is 11.3 Å². The molecule has 7 aromatic carbocycles. The first kappa shape index (κ1) is 32.1. The van der Waals surface area contributed by atoms with Gasteiger partial charge in [-0.15, -0.1) is 11.3 Å². The molecule has 7 heteroatoms. The summed E-state index contributed by atoms with van der Waals surface area (Å²) in [5.74, 6) is 2.58. The molecule has 4 heterocycles. The molecule has 262 valence electrons. The lowest BCUT2D eigenvalue weighted by atomic mass is 9.99. The molecule has 0 spiro atoms. The maximum Gasteiger partial charge on any atom is 0.164 e. The van der Waals surface area contributed by atoms with Crippen molar-refractivity contribution >= 4 is 53.6 Å². The molecule has 0 aliphatic rings. The molecule has 0 radical (unpaired) electrons. The molecule has 0 aliphatic heterocycles. The Morgan fingerprint density at radius 1 is 0.339 bits per heavy atom. The molecule has 0 saturated carbocycles. The second-order valence-electron chi connectivity index (χ2n) is 13.7. The Balaban J connectivity index is 1.00. The van der Waals surface area contributed by atoms with Crippen LogP contribution in [0.15, 0.2) is 180 Å². The number of hydrogen-bond acceptors (Lipinski definition) is 7. The Bertz CT molecular complexity index is 3190. The zero-order valence-electron chi connectivity index (χ0n) is 29.8. The summed E-state index contributed by atoms with van der Waals surface area (Å²) in [6.07, 6.45) is 0. The van der Waals surface area contributed by atoms with Crippen LogP contribution in [0.2, 0.25) is 0 Å². The fraction of sp³-hybridized carbons (Fsp3) is 0. The average Bonchev–Trinajstić information content (AvgIpc) is 3.84. The third-order valence-electron chi connectivity index (χ3n) is 10.1. The van der Waals surface area contributed by atoms with Crippen molar-refractivity contribution in [1.29, 1.82) is 0 Å². The second-order valence-corrected chi connectivity index (χ2v) is 14.7. The van der Waals surface area contributed by atoms with E-state index in [9.17, 15) is 0 Å². The van der Waals surface area contributed by atoms with Crippen molar-refractivity contribution in [1.82, 2.24) is 24.9 Å². The van der Waals surface area contributed by atoms with Crippen LogP contribution < -0.4 is 0 Å². The number of hydrogen-bond donors (Lipinski definition) is 0. The third kappa shape index (κ3) is 5.61. The lowest BCUT2D eigenvalue weighted by molar-refractivity contribution is 0.669. The highest BCUT2D eigenvalue weighted by atomic mass is 32.1. The van der Waals surface area contributed by atoms with E-state index in [4.69, 9.17) is 29.3 Å². The highest BCUT2D eigenvalue weighted by molar-refractivity contribution is 7.26. The van der Waals surface area contributed by atoms with Crippen molar-refractivity contribution in [3.63, 3.8) is 0 Å². The van der Waals surface area contributed by atoms with E-state index in [0.29, 0.717) is 17.5 Å². The van der Waals surface area contributed by atoms with Crippen LogP contribution in [0.5, 0.6) is 0 Å². The monoisotopic (exact) mass is 735 g/mol. The number of nitrogens with zero attached hydrogens (tertiary/aromatic N) is 5. The number of fused-ring (bicyclic) bond motifs is 6. The quantitative estimate of drug-likeness (QED) is 0.169. The Labute approximate surface area is 325 Å².